The van der Waals surface area contributed by atoms with Crippen molar-refractivity contribution in [3.63, 3.8) is 0 Å². The van der Waals surface area contributed by atoms with Gasteiger partial charge in [0, 0.05) is 12.0 Å². The van der Waals surface area contributed by atoms with Crippen molar-refractivity contribution in [2.75, 3.05) is 7.11 Å². The number of methoxy groups -OCH3 is 1. The van der Waals surface area contributed by atoms with E-state index in [0.29, 0.717) is 6.42 Å². The highest BCUT2D eigenvalue weighted by Crippen LogP contribution is 2.32. The summed E-state index contributed by atoms with van der Waals surface area (Å²) < 4.78 is 5.26. The third kappa shape index (κ3) is 2.37. The van der Waals surface area contributed by atoms with Crippen LogP contribution in [0.5, 0.6) is 5.75 Å². The molecular formula is C18H16O2. The van der Waals surface area contributed by atoms with Gasteiger partial charge in [0.15, 0.2) is 5.78 Å². The normalized spacial score (nSPS) is 16.1. The van der Waals surface area contributed by atoms with E-state index < -0.39 is 0 Å². The molecule has 3 rings (SSSR count). The van der Waals surface area contributed by atoms with Crippen molar-refractivity contribution in [3.05, 3.63) is 65.2 Å². The van der Waals surface area contributed by atoms with E-state index in [0.717, 1.165) is 28.9 Å². The van der Waals surface area contributed by atoms with Crippen LogP contribution in [0.25, 0.3) is 11.6 Å². The summed E-state index contributed by atoms with van der Waals surface area (Å²) in [4.78, 5) is 12.2. The van der Waals surface area contributed by atoms with Gasteiger partial charge in [-0.15, -0.1) is 0 Å². The third-order valence-corrected chi connectivity index (χ3v) is 3.63. The molecule has 20 heavy (non-hydrogen) atoms. The minimum absolute atomic E-state index is 0.214. The minimum Gasteiger partial charge on any atom is -0.497 e. The number of aryl methyl sites for hydroxylation is 1. The Morgan fingerprint density at radius 2 is 1.85 bits per heavy atom. The summed E-state index contributed by atoms with van der Waals surface area (Å²) in [5.41, 5.74) is 4.08. The molecular weight excluding hydrogens is 248 g/mol. The Balaban J connectivity index is 2.08. The largest absolute Gasteiger partial charge is 0.497 e. The molecule has 0 saturated heterocycles. The first-order valence-corrected chi connectivity index (χ1v) is 6.75. The van der Waals surface area contributed by atoms with Gasteiger partial charge in [-0.25, -0.2) is 0 Å². The maximum absolute atomic E-state index is 12.2. The number of hydrogen-bond donors (Lipinski definition) is 0. The molecule has 2 aromatic carbocycles. The van der Waals surface area contributed by atoms with E-state index >= 15 is 0 Å². The standard InChI is InChI=1S/C18H16O2/c1-20-15-8-9-16-14(12-15)7-10-18(19)17(16)11-13-5-3-2-4-6-13/h2-6,8-9,11-12H,7,10H2,1H3/b17-11-. The molecule has 0 N–H and O–H groups in total. The van der Waals surface area contributed by atoms with Crippen LogP contribution in [0, 0.1) is 0 Å². The molecule has 1 aliphatic carbocycles. The smallest absolute Gasteiger partial charge is 0.163 e. The molecule has 0 amide bonds. The van der Waals surface area contributed by atoms with E-state index in [1.807, 2.05) is 54.6 Å². The molecule has 0 heterocycles. The van der Waals surface area contributed by atoms with Crippen molar-refractivity contribution in [2.45, 2.75) is 12.8 Å². The Kier molecular flexibility index (Phi) is 3.38. The number of rotatable bonds is 2. The number of benzene rings is 2. The Labute approximate surface area is 118 Å². The van der Waals surface area contributed by atoms with Crippen LogP contribution in [-0.4, -0.2) is 12.9 Å². The van der Waals surface area contributed by atoms with Gasteiger partial charge >= 0.3 is 0 Å². The number of ether oxygens (including phenoxy) is 1. The van der Waals surface area contributed by atoms with Crippen molar-refractivity contribution in [1.29, 1.82) is 0 Å². The highest BCUT2D eigenvalue weighted by molar-refractivity contribution is 6.26. The molecule has 100 valence electrons. The summed E-state index contributed by atoms with van der Waals surface area (Å²) in [6.07, 6.45) is 3.34. The second kappa shape index (κ2) is 5.33. The Hall–Kier alpha value is -2.35. The van der Waals surface area contributed by atoms with Crippen LogP contribution in [-0.2, 0) is 11.2 Å². The first-order chi connectivity index (χ1) is 9.78. The molecule has 2 heteroatoms. The van der Waals surface area contributed by atoms with Gasteiger partial charge in [0.05, 0.1) is 7.11 Å². The van der Waals surface area contributed by atoms with Gasteiger partial charge in [0.2, 0.25) is 0 Å². The Bertz CT molecular complexity index is 669. The average molecular weight is 264 g/mol. The van der Waals surface area contributed by atoms with E-state index in [2.05, 4.69) is 0 Å². The molecule has 0 unspecified atom stereocenters. The summed E-state index contributed by atoms with van der Waals surface area (Å²) in [6.45, 7) is 0. The molecule has 0 atom stereocenters. The van der Waals surface area contributed by atoms with Crippen LogP contribution >= 0.6 is 0 Å². The second-order valence-corrected chi connectivity index (χ2v) is 4.91. The van der Waals surface area contributed by atoms with E-state index in [9.17, 15) is 4.79 Å². The zero-order valence-electron chi connectivity index (χ0n) is 11.4. The predicted octanol–water partition coefficient (Wildman–Crippen LogP) is 3.75. The summed E-state index contributed by atoms with van der Waals surface area (Å²) in [5.74, 6) is 1.06. The molecule has 2 aromatic rings. The lowest BCUT2D eigenvalue weighted by atomic mass is 9.85. The second-order valence-electron chi connectivity index (χ2n) is 4.91. The topological polar surface area (TPSA) is 26.3 Å². The molecule has 0 aromatic heterocycles. The summed E-state index contributed by atoms with van der Waals surface area (Å²) in [5, 5.41) is 0. The molecule has 0 saturated carbocycles. The van der Waals surface area contributed by atoms with Crippen LogP contribution in [0.1, 0.15) is 23.1 Å². The summed E-state index contributed by atoms with van der Waals surface area (Å²) in [6, 6.07) is 15.9. The number of Topliss-reactive ketones (excluding diaryl/α,β-unsaturated/α-hetero) is 1. The quantitative estimate of drug-likeness (QED) is 0.772. The average Bonchev–Trinajstić information content (AvgIpc) is 2.50. The zero-order chi connectivity index (χ0) is 13.9. The van der Waals surface area contributed by atoms with Crippen LogP contribution in [0.15, 0.2) is 48.5 Å². The highest BCUT2D eigenvalue weighted by atomic mass is 16.5. The number of carbonyl (C=O) groups excluding carboxylic acids is 1. The van der Waals surface area contributed by atoms with Crippen LogP contribution < -0.4 is 4.74 Å². The van der Waals surface area contributed by atoms with E-state index in [-0.39, 0.29) is 5.78 Å². The predicted molar refractivity (Wildman–Crippen MR) is 80.6 cm³/mol. The molecule has 0 bridgehead atoms. The maximum atomic E-state index is 12.2. The van der Waals surface area contributed by atoms with Gasteiger partial charge in [0.25, 0.3) is 0 Å². The fourth-order valence-electron chi connectivity index (χ4n) is 2.57. The molecule has 0 fully saturated rings. The van der Waals surface area contributed by atoms with Gasteiger partial charge in [0.1, 0.15) is 5.75 Å². The fraction of sp³-hybridized carbons (Fsp3) is 0.167. The van der Waals surface area contributed by atoms with E-state index in [1.165, 1.54) is 5.56 Å². The zero-order valence-corrected chi connectivity index (χ0v) is 11.4. The van der Waals surface area contributed by atoms with Gasteiger partial charge in [-0.05, 0) is 41.3 Å². The number of fused-ring (bicyclic) bond motifs is 1. The van der Waals surface area contributed by atoms with Crippen molar-refractivity contribution < 1.29 is 9.53 Å². The lowest BCUT2D eigenvalue weighted by Gasteiger charge is -2.19. The van der Waals surface area contributed by atoms with Crippen LogP contribution in [0.4, 0.5) is 0 Å². The van der Waals surface area contributed by atoms with E-state index in [4.69, 9.17) is 4.74 Å². The van der Waals surface area contributed by atoms with Crippen molar-refractivity contribution >= 4 is 17.4 Å². The third-order valence-electron chi connectivity index (χ3n) is 3.63. The first kappa shape index (κ1) is 12.7. The molecule has 0 aliphatic heterocycles. The molecule has 0 spiro atoms. The number of ketones is 1. The van der Waals surface area contributed by atoms with Crippen LogP contribution in [0.2, 0.25) is 0 Å². The lowest BCUT2D eigenvalue weighted by Crippen LogP contribution is -2.12. The molecule has 2 nitrogen and oxygen atoms in total. The highest BCUT2D eigenvalue weighted by Gasteiger charge is 2.21. The fourth-order valence-corrected chi connectivity index (χ4v) is 2.57. The van der Waals surface area contributed by atoms with E-state index in [1.54, 1.807) is 7.11 Å². The number of carbonyl (C=O) groups is 1. The summed E-state index contributed by atoms with van der Waals surface area (Å²) >= 11 is 0. The SMILES string of the molecule is COc1ccc2c(c1)CCC(=O)/C2=C\c1ccccc1. The van der Waals surface area contributed by atoms with Gasteiger partial charge in [-0.1, -0.05) is 36.4 Å². The van der Waals surface area contributed by atoms with Crippen molar-refractivity contribution in [1.82, 2.24) is 0 Å². The summed E-state index contributed by atoms with van der Waals surface area (Å²) in [7, 11) is 1.66. The van der Waals surface area contributed by atoms with Crippen molar-refractivity contribution in [3.8, 4) is 5.75 Å². The molecule has 0 radical (unpaired) electrons. The van der Waals surface area contributed by atoms with Gasteiger partial charge in [-0.2, -0.15) is 0 Å². The van der Waals surface area contributed by atoms with Gasteiger partial charge in [-0.3, -0.25) is 4.79 Å². The molecule has 1 aliphatic rings. The Morgan fingerprint density at radius 3 is 2.60 bits per heavy atom. The number of hydrogen-bond acceptors (Lipinski definition) is 2. The number of allylic oxidation sites excluding steroid dienone is 1. The monoisotopic (exact) mass is 264 g/mol. The maximum Gasteiger partial charge on any atom is 0.163 e. The minimum atomic E-state index is 0.214. The lowest BCUT2D eigenvalue weighted by molar-refractivity contribution is -0.113. The van der Waals surface area contributed by atoms with Crippen LogP contribution in [0.3, 0.4) is 0 Å². The first-order valence-electron chi connectivity index (χ1n) is 6.75. The van der Waals surface area contributed by atoms with Gasteiger partial charge < -0.3 is 4.74 Å². The van der Waals surface area contributed by atoms with Crippen molar-refractivity contribution in [2.24, 2.45) is 0 Å². The Morgan fingerprint density at radius 1 is 1.05 bits per heavy atom.